The van der Waals surface area contributed by atoms with Crippen molar-refractivity contribution in [2.75, 3.05) is 7.11 Å². The molecule has 0 spiro atoms. The zero-order chi connectivity index (χ0) is 24.3. The molecule has 0 aliphatic rings. The van der Waals surface area contributed by atoms with Gasteiger partial charge in [0.05, 0.1) is 22.6 Å². The third-order valence-corrected chi connectivity index (χ3v) is 4.75. The highest BCUT2D eigenvalue weighted by Gasteiger charge is 2.31. The van der Waals surface area contributed by atoms with E-state index >= 15 is 0 Å². The molecule has 0 saturated heterocycles. The minimum atomic E-state index is -4.58. The van der Waals surface area contributed by atoms with Gasteiger partial charge in [0, 0.05) is 6.07 Å². The molecule has 0 aliphatic heterocycles. The Morgan fingerprint density at radius 1 is 1.27 bits per heavy atom. The number of esters is 1. The highest BCUT2D eigenvalue weighted by Crippen LogP contribution is 2.38. The van der Waals surface area contributed by atoms with Crippen LogP contribution in [0, 0.1) is 10.1 Å². The first-order valence-corrected chi connectivity index (χ1v) is 9.63. The number of nitro benzene ring substituents is 1. The summed E-state index contributed by atoms with van der Waals surface area (Å²) in [4.78, 5) is 23.7. The van der Waals surface area contributed by atoms with Crippen LogP contribution in [0.1, 0.15) is 24.9 Å². The average Bonchev–Trinajstić information content (AvgIpc) is 3.24. The maximum atomic E-state index is 12.8. The van der Waals surface area contributed by atoms with Crippen molar-refractivity contribution in [2.24, 2.45) is 0 Å². The van der Waals surface area contributed by atoms with E-state index in [9.17, 15) is 28.1 Å². The summed E-state index contributed by atoms with van der Waals surface area (Å²) >= 11 is 5.91. The maximum Gasteiger partial charge on any atom is 0.416 e. The molecule has 3 aromatic rings. The van der Waals surface area contributed by atoms with Gasteiger partial charge in [0.25, 0.3) is 5.69 Å². The summed E-state index contributed by atoms with van der Waals surface area (Å²) in [5, 5.41) is 22.8. The van der Waals surface area contributed by atoms with Crippen LogP contribution in [0.15, 0.2) is 36.4 Å². The molecule has 0 amide bonds. The second-order valence-electron chi connectivity index (χ2n) is 6.56. The molecule has 14 heteroatoms. The second-order valence-corrected chi connectivity index (χ2v) is 6.97. The molecule has 174 valence electrons. The fourth-order valence-electron chi connectivity index (χ4n) is 2.83. The number of nitrogens with zero attached hydrogens (tertiary/aromatic N) is 5. The molecule has 0 N–H and O–H groups in total. The molecule has 0 radical (unpaired) electrons. The van der Waals surface area contributed by atoms with Gasteiger partial charge >= 0.3 is 12.1 Å². The van der Waals surface area contributed by atoms with Crippen LogP contribution in [-0.4, -0.2) is 38.2 Å². The Balaban J connectivity index is 1.98. The quantitative estimate of drug-likeness (QED) is 0.265. The fourth-order valence-corrected chi connectivity index (χ4v) is 3.05. The number of ether oxygens (including phenoxy) is 2. The lowest BCUT2D eigenvalue weighted by atomic mass is 10.1. The standard InChI is InChI=1S/C19H15ClF3N5O5/c1-3-14(18(29)32-2)27-25-17(24-26-27)12-9-11(5-6-15(12)28(30)31)33-16-7-4-10(8-13(16)20)19(21,22)23/h4-9,14H,3H2,1-2H3. The van der Waals surface area contributed by atoms with E-state index in [4.69, 9.17) is 16.3 Å². The molecule has 1 heterocycles. The summed E-state index contributed by atoms with van der Waals surface area (Å²) in [6.07, 6.45) is -4.30. The van der Waals surface area contributed by atoms with E-state index in [1.807, 2.05) is 0 Å². The third-order valence-electron chi connectivity index (χ3n) is 4.46. The van der Waals surface area contributed by atoms with Crippen LogP contribution >= 0.6 is 11.6 Å². The largest absolute Gasteiger partial charge is 0.467 e. The number of nitro groups is 1. The third kappa shape index (κ3) is 5.19. The van der Waals surface area contributed by atoms with Crippen LogP contribution in [0.4, 0.5) is 18.9 Å². The van der Waals surface area contributed by atoms with Crippen LogP contribution in [0.3, 0.4) is 0 Å². The van der Waals surface area contributed by atoms with Crippen LogP contribution < -0.4 is 4.74 Å². The Hall–Kier alpha value is -3.74. The van der Waals surface area contributed by atoms with E-state index in [0.29, 0.717) is 6.07 Å². The van der Waals surface area contributed by atoms with E-state index in [0.717, 1.165) is 23.0 Å². The Morgan fingerprint density at radius 2 is 2.00 bits per heavy atom. The summed E-state index contributed by atoms with van der Waals surface area (Å²) in [5.74, 6) is -0.871. The van der Waals surface area contributed by atoms with Crippen molar-refractivity contribution in [2.45, 2.75) is 25.6 Å². The first kappa shape index (κ1) is 23.9. The molecular weight excluding hydrogens is 471 g/mol. The van der Waals surface area contributed by atoms with Gasteiger partial charge < -0.3 is 9.47 Å². The molecule has 1 atom stereocenters. The number of halogens is 4. The number of aromatic nitrogens is 4. The average molecular weight is 486 g/mol. The highest BCUT2D eigenvalue weighted by molar-refractivity contribution is 6.32. The lowest BCUT2D eigenvalue weighted by Crippen LogP contribution is -2.22. The van der Waals surface area contributed by atoms with Crippen LogP contribution in [0.5, 0.6) is 11.5 Å². The number of rotatable bonds is 7. The van der Waals surface area contributed by atoms with Crippen molar-refractivity contribution < 1.29 is 32.4 Å². The zero-order valence-electron chi connectivity index (χ0n) is 17.0. The molecule has 0 saturated carbocycles. The number of alkyl halides is 3. The van der Waals surface area contributed by atoms with Crippen molar-refractivity contribution in [1.82, 2.24) is 20.2 Å². The molecule has 1 unspecified atom stereocenters. The Bertz CT molecular complexity index is 1200. The number of hydrogen-bond donors (Lipinski definition) is 0. The minimum absolute atomic E-state index is 0.0219. The van der Waals surface area contributed by atoms with E-state index in [1.54, 1.807) is 6.92 Å². The van der Waals surface area contributed by atoms with Crippen molar-refractivity contribution >= 4 is 23.3 Å². The molecular formula is C19H15ClF3N5O5. The normalized spacial score (nSPS) is 12.3. The second kappa shape index (κ2) is 9.40. The Labute approximate surface area is 189 Å². The van der Waals surface area contributed by atoms with Gasteiger partial charge in [0.2, 0.25) is 5.82 Å². The number of carbonyl (C=O) groups is 1. The number of methoxy groups -OCH3 is 1. The topological polar surface area (TPSA) is 122 Å². The molecule has 0 aliphatic carbocycles. The van der Waals surface area contributed by atoms with Gasteiger partial charge in [-0.15, -0.1) is 15.0 Å². The maximum absolute atomic E-state index is 12.8. The smallest absolute Gasteiger partial charge is 0.416 e. The van der Waals surface area contributed by atoms with Gasteiger partial charge in [0.15, 0.2) is 6.04 Å². The highest BCUT2D eigenvalue weighted by atomic mass is 35.5. The van der Waals surface area contributed by atoms with Gasteiger partial charge in [-0.25, -0.2) is 4.79 Å². The predicted molar refractivity (Wildman–Crippen MR) is 108 cm³/mol. The van der Waals surface area contributed by atoms with Gasteiger partial charge in [0.1, 0.15) is 17.1 Å². The molecule has 1 aromatic heterocycles. The number of benzene rings is 2. The van der Waals surface area contributed by atoms with Gasteiger partial charge in [-0.2, -0.15) is 13.2 Å². The Kier molecular flexibility index (Phi) is 6.81. The van der Waals surface area contributed by atoms with E-state index in [1.165, 1.54) is 19.2 Å². The SMILES string of the molecule is CCC(C(=O)OC)n1nnc(-c2cc(Oc3ccc(C(F)(F)F)cc3Cl)ccc2[N+](=O)[O-])n1. The minimum Gasteiger partial charge on any atom is -0.467 e. The molecule has 10 nitrogen and oxygen atoms in total. The van der Waals surface area contributed by atoms with Crippen molar-refractivity contribution in [3.05, 3.63) is 57.1 Å². The molecule has 33 heavy (non-hydrogen) atoms. The lowest BCUT2D eigenvalue weighted by Gasteiger charge is -2.11. The number of tetrazole rings is 1. The molecule has 3 rings (SSSR count). The van der Waals surface area contributed by atoms with Crippen LogP contribution in [0.25, 0.3) is 11.4 Å². The summed E-state index contributed by atoms with van der Waals surface area (Å²) in [5.41, 5.74) is -1.43. The summed E-state index contributed by atoms with van der Waals surface area (Å²) < 4.78 is 48.7. The van der Waals surface area contributed by atoms with Gasteiger partial charge in [-0.05, 0) is 42.0 Å². The van der Waals surface area contributed by atoms with Crippen LogP contribution in [0.2, 0.25) is 5.02 Å². The van der Waals surface area contributed by atoms with E-state index in [-0.39, 0.29) is 40.0 Å². The van der Waals surface area contributed by atoms with Gasteiger partial charge in [-0.3, -0.25) is 10.1 Å². The summed E-state index contributed by atoms with van der Waals surface area (Å²) in [6, 6.07) is 5.20. The molecule has 2 aromatic carbocycles. The lowest BCUT2D eigenvalue weighted by molar-refractivity contribution is -0.384. The monoisotopic (exact) mass is 485 g/mol. The predicted octanol–water partition coefficient (Wildman–Crippen LogP) is 4.84. The van der Waals surface area contributed by atoms with E-state index in [2.05, 4.69) is 20.1 Å². The molecule has 0 bridgehead atoms. The first-order valence-electron chi connectivity index (χ1n) is 9.25. The molecule has 0 fully saturated rings. The van der Waals surface area contributed by atoms with Crippen molar-refractivity contribution in [1.29, 1.82) is 0 Å². The number of carbonyl (C=O) groups excluding carboxylic acids is 1. The Morgan fingerprint density at radius 3 is 2.58 bits per heavy atom. The van der Waals surface area contributed by atoms with Gasteiger partial charge in [-0.1, -0.05) is 18.5 Å². The van der Waals surface area contributed by atoms with Crippen molar-refractivity contribution in [3.8, 4) is 22.9 Å². The van der Waals surface area contributed by atoms with E-state index < -0.39 is 28.7 Å². The number of hydrogen-bond acceptors (Lipinski definition) is 8. The van der Waals surface area contributed by atoms with Crippen LogP contribution in [-0.2, 0) is 15.7 Å². The summed E-state index contributed by atoms with van der Waals surface area (Å²) in [7, 11) is 1.20. The summed E-state index contributed by atoms with van der Waals surface area (Å²) in [6.45, 7) is 1.69. The first-order chi connectivity index (χ1) is 15.5. The van der Waals surface area contributed by atoms with Crippen molar-refractivity contribution in [3.63, 3.8) is 0 Å². The fraction of sp³-hybridized carbons (Fsp3) is 0.263. The zero-order valence-corrected chi connectivity index (χ0v) is 17.8.